The molecule has 1 aliphatic heterocycles. The van der Waals surface area contributed by atoms with E-state index in [-0.39, 0.29) is 6.04 Å². The fraction of sp³-hybridized carbons (Fsp3) is 0.750. The molecule has 0 aromatic rings. The maximum Gasteiger partial charge on any atom is 0.407 e. The van der Waals surface area contributed by atoms with Crippen molar-refractivity contribution in [3.8, 4) is 0 Å². The van der Waals surface area contributed by atoms with E-state index in [9.17, 15) is 9.59 Å². The van der Waals surface area contributed by atoms with Gasteiger partial charge >= 0.3 is 12.2 Å². The van der Waals surface area contributed by atoms with E-state index in [1.54, 1.807) is 0 Å². The van der Waals surface area contributed by atoms with Gasteiger partial charge in [0.25, 0.3) is 0 Å². The van der Waals surface area contributed by atoms with Crippen LogP contribution in [0.1, 0.15) is 12.8 Å². The Hall–Kier alpha value is -1.46. The molecule has 0 aromatic carbocycles. The molecule has 1 aliphatic rings. The summed E-state index contributed by atoms with van der Waals surface area (Å²) >= 11 is 0. The number of likely N-dealkylation sites (tertiary alicyclic amines) is 1. The van der Waals surface area contributed by atoms with Gasteiger partial charge in [-0.2, -0.15) is 0 Å². The number of carboxylic acid groups (broad SMARTS) is 1. The van der Waals surface area contributed by atoms with Crippen molar-refractivity contribution < 1.29 is 19.4 Å². The molecule has 0 radical (unpaired) electrons. The Kier molecular flexibility index (Phi) is 3.55. The highest BCUT2D eigenvalue weighted by atomic mass is 16.5. The van der Waals surface area contributed by atoms with Crippen LogP contribution in [0.15, 0.2) is 0 Å². The maximum absolute atomic E-state index is 10.8. The van der Waals surface area contributed by atoms with Crippen LogP contribution in [0.25, 0.3) is 0 Å². The molecule has 0 aromatic heterocycles. The van der Waals surface area contributed by atoms with Crippen LogP contribution in [0.3, 0.4) is 0 Å². The van der Waals surface area contributed by atoms with Gasteiger partial charge in [0, 0.05) is 19.1 Å². The van der Waals surface area contributed by atoms with E-state index in [1.165, 1.54) is 12.0 Å². The van der Waals surface area contributed by atoms with E-state index in [4.69, 9.17) is 5.11 Å². The van der Waals surface area contributed by atoms with E-state index >= 15 is 0 Å². The van der Waals surface area contributed by atoms with E-state index in [0.717, 1.165) is 0 Å². The molecule has 1 rings (SSSR count). The fourth-order valence-electron chi connectivity index (χ4n) is 1.44. The van der Waals surface area contributed by atoms with Crippen molar-refractivity contribution in [1.29, 1.82) is 0 Å². The molecule has 0 aliphatic carbocycles. The van der Waals surface area contributed by atoms with Crippen molar-refractivity contribution in [3.05, 3.63) is 0 Å². The number of carbonyl (C=O) groups is 2. The molecular weight excluding hydrogens is 188 g/mol. The predicted octanol–water partition coefficient (Wildman–Crippen LogP) is 0.485. The van der Waals surface area contributed by atoms with Crippen LogP contribution in [0.4, 0.5) is 9.59 Å². The first kappa shape index (κ1) is 10.6. The van der Waals surface area contributed by atoms with Crippen molar-refractivity contribution in [2.45, 2.75) is 18.9 Å². The number of rotatable bonds is 1. The minimum Gasteiger partial charge on any atom is -0.465 e. The summed E-state index contributed by atoms with van der Waals surface area (Å²) in [6.45, 7) is 0.925. The zero-order valence-electron chi connectivity index (χ0n) is 8.02. The lowest BCUT2D eigenvalue weighted by atomic mass is 10.1. The first-order chi connectivity index (χ1) is 6.63. The van der Waals surface area contributed by atoms with Gasteiger partial charge < -0.3 is 20.1 Å². The van der Waals surface area contributed by atoms with Gasteiger partial charge in [0.05, 0.1) is 7.11 Å². The average molecular weight is 202 g/mol. The van der Waals surface area contributed by atoms with Crippen molar-refractivity contribution in [2.24, 2.45) is 0 Å². The number of hydrogen-bond acceptors (Lipinski definition) is 3. The lowest BCUT2D eigenvalue weighted by molar-refractivity contribution is 0.125. The Labute approximate surface area is 81.8 Å². The summed E-state index contributed by atoms with van der Waals surface area (Å²) in [6, 6.07) is 0.0260. The van der Waals surface area contributed by atoms with Crippen molar-refractivity contribution in [3.63, 3.8) is 0 Å². The van der Waals surface area contributed by atoms with E-state index < -0.39 is 12.2 Å². The molecule has 6 nitrogen and oxygen atoms in total. The van der Waals surface area contributed by atoms with Crippen LogP contribution in [0, 0.1) is 0 Å². The van der Waals surface area contributed by atoms with Crippen molar-refractivity contribution >= 4 is 12.2 Å². The van der Waals surface area contributed by atoms with Gasteiger partial charge in [0.2, 0.25) is 0 Å². The summed E-state index contributed by atoms with van der Waals surface area (Å²) in [5.74, 6) is 0. The Bertz CT molecular complexity index is 223. The Morgan fingerprint density at radius 1 is 1.43 bits per heavy atom. The van der Waals surface area contributed by atoms with Gasteiger partial charge in [-0.25, -0.2) is 9.59 Å². The van der Waals surface area contributed by atoms with E-state index in [0.29, 0.717) is 25.9 Å². The van der Waals surface area contributed by atoms with Gasteiger partial charge in [-0.3, -0.25) is 0 Å². The molecule has 14 heavy (non-hydrogen) atoms. The zero-order valence-corrected chi connectivity index (χ0v) is 8.02. The molecule has 2 amide bonds. The van der Waals surface area contributed by atoms with Crippen LogP contribution in [-0.2, 0) is 4.74 Å². The van der Waals surface area contributed by atoms with Gasteiger partial charge in [-0.1, -0.05) is 0 Å². The first-order valence-electron chi connectivity index (χ1n) is 4.46. The summed E-state index contributed by atoms with van der Waals surface area (Å²) in [4.78, 5) is 22.7. The average Bonchev–Trinajstić information content (AvgIpc) is 2.18. The second-order valence-corrected chi connectivity index (χ2v) is 3.18. The number of piperidine rings is 1. The maximum atomic E-state index is 10.8. The minimum atomic E-state index is -0.901. The first-order valence-corrected chi connectivity index (χ1v) is 4.46. The quantitative estimate of drug-likeness (QED) is 0.648. The molecule has 2 N–H and O–H groups in total. The Morgan fingerprint density at radius 3 is 2.43 bits per heavy atom. The molecular formula is C8H14N2O4. The number of hydrogen-bond donors (Lipinski definition) is 2. The third-order valence-corrected chi connectivity index (χ3v) is 2.27. The smallest absolute Gasteiger partial charge is 0.407 e. The summed E-state index contributed by atoms with van der Waals surface area (Å²) in [6.07, 6.45) is -0.0803. The summed E-state index contributed by atoms with van der Waals surface area (Å²) in [5, 5.41) is 11.3. The Morgan fingerprint density at radius 2 is 2.00 bits per heavy atom. The molecule has 0 atom stereocenters. The molecule has 0 saturated carbocycles. The second-order valence-electron chi connectivity index (χ2n) is 3.18. The van der Waals surface area contributed by atoms with Gasteiger partial charge in [-0.15, -0.1) is 0 Å². The molecule has 1 saturated heterocycles. The third-order valence-electron chi connectivity index (χ3n) is 2.27. The molecule has 6 heteroatoms. The molecule has 0 bridgehead atoms. The highest BCUT2D eigenvalue weighted by molar-refractivity contribution is 5.67. The number of alkyl carbamates (subject to hydrolysis) is 1. The topological polar surface area (TPSA) is 78.9 Å². The summed E-state index contributed by atoms with van der Waals surface area (Å²) in [5.41, 5.74) is 0. The molecule has 1 fully saturated rings. The van der Waals surface area contributed by atoms with Crippen molar-refractivity contribution in [1.82, 2.24) is 10.2 Å². The summed E-state index contributed by atoms with van der Waals surface area (Å²) < 4.78 is 4.45. The van der Waals surface area contributed by atoms with Crippen molar-refractivity contribution in [2.75, 3.05) is 20.2 Å². The Balaban J connectivity index is 2.29. The largest absolute Gasteiger partial charge is 0.465 e. The van der Waals surface area contributed by atoms with Crippen LogP contribution >= 0.6 is 0 Å². The molecule has 0 spiro atoms. The zero-order chi connectivity index (χ0) is 10.6. The van der Waals surface area contributed by atoms with E-state index in [1.807, 2.05) is 0 Å². The number of methoxy groups -OCH3 is 1. The second kappa shape index (κ2) is 4.69. The monoisotopic (exact) mass is 202 g/mol. The minimum absolute atomic E-state index is 0.0260. The predicted molar refractivity (Wildman–Crippen MR) is 48.2 cm³/mol. The standard InChI is InChI=1S/C8H14N2O4/c1-14-7(11)9-6-2-4-10(5-3-6)8(12)13/h6H,2-5H2,1H3,(H,9,11)(H,12,13). The number of ether oxygens (including phenoxy) is 1. The molecule has 1 heterocycles. The lowest BCUT2D eigenvalue weighted by Crippen LogP contribution is -2.46. The lowest BCUT2D eigenvalue weighted by Gasteiger charge is -2.29. The highest BCUT2D eigenvalue weighted by Crippen LogP contribution is 2.10. The summed E-state index contributed by atoms with van der Waals surface area (Å²) in [7, 11) is 1.31. The van der Waals surface area contributed by atoms with Gasteiger partial charge in [0.1, 0.15) is 0 Å². The normalized spacial score (nSPS) is 17.6. The van der Waals surface area contributed by atoms with E-state index in [2.05, 4.69) is 10.1 Å². The van der Waals surface area contributed by atoms with Crippen LogP contribution < -0.4 is 5.32 Å². The van der Waals surface area contributed by atoms with Gasteiger partial charge in [0.15, 0.2) is 0 Å². The highest BCUT2D eigenvalue weighted by Gasteiger charge is 2.23. The third kappa shape index (κ3) is 2.79. The number of amides is 2. The SMILES string of the molecule is COC(=O)NC1CCN(C(=O)O)CC1. The van der Waals surface area contributed by atoms with Gasteiger partial charge in [-0.05, 0) is 12.8 Å². The molecule has 0 unspecified atom stereocenters. The number of carbonyl (C=O) groups excluding carboxylic acids is 1. The number of nitrogens with zero attached hydrogens (tertiary/aromatic N) is 1. The van der Waals surface area contributed by atoms with Crippen LogP contribution in [0.5, 0.6) is 0 Å². The number of nitrogens with one attached hydrogen (secondary N) is 1. The van der Waals surface area contributed by atoms with Crippen LogP contribution in [0.2, 0.25) is 0 Å². The molecule has 80 valence electrons. The fourth-order valence-corrected chi connectivity index (χ4v) is 1.44. The van der Waals surface area contributed by atoms with Crippen LogP contribution in [-0.4, -0.2) is 48.4 Å².